The molecule has 3 rings (SSSR count). The van der Waals surface area contributed by atoms with E-state index < -0.39 is 0 Å². The summed E-state index contributed by atoms with van der Waals surface area (Å²) in [5.41, 5.74) is 2.32. The fourth-order valence-corrected chi connectivity index (χ4v) is 5.83. The summed E-state index contributed by atoms with van der Waals surface area (Å²) in [6.45, 7) is 9.91. The van der Waals surface area contributed by atoms with Crippen molar-refractivity contribution in [1.29, 1.82) is 0 Å². The lowest BCUT2D eigenvalue weighted by Crippen LogP contribution is -2.49. The van der Waals surface area contributed by atoms with E-state index in [-0.39, 0.29) is 0 Å². The minimum Gasteiger partial charge on any atom is -0.0651 e. The van der Waals surface area contributed by atoms with Gasteiger partial charge >= 0.3 is 0 Å². The van der Waals surface area contributed by atoms with E-state index in [0.717, 1.165) is 22.7 Å². The van der Waals surface area contributed by atoms with E-state index >= 15 is 0 Å². The maximum Gasteiger partial charge on any atom is -0.0127 e. The summed E-state index contributed by atoms with van der Waals surface area (Å²) in [5, 5.41) is 0. The Kier molecular flexibility index (Phi) is 0.932. The fraction of sp³-hybridized carbons (Fsp3) is 1.00. The molecule has 4 atom stereocenters. The molecule has 3 aliphatic rings. The first-order valence-corrected chi connectivity index (χ1v) is 5.50. The largest absolute Gasteiger partial charge is 0.0651 e. The van der Waals surface area contributed by atoms with Gasteiger partial charge in [0.25, 0.3) is 0 Å². The van der Waals surface area contributed by atoms with Gasteiger partial charge in [-0.2, -0.15) is 0 Å². The highest BCUT2D eigenvalue weighted by Gasteiger charge is 2.92. The topological polar surface area (TPSA) is 0 Å². The standard InChI is InChI=1S/C12H20/c1-5-8-6-9-11(4)7-10(2,3)12(8,9)11/h8-9H,5-7H2,1-4H3. The first-order chi connectivity index (χ1) is 5.50. The third-order valence-electron chi connectivity index (χ3n) is 5.77. The van der Waals surface area contributed by atoms with Crippen molar-refractivity contribution in [1.82, 2.24) is 0 Å². The molecule has 0 aliphatic heterocycles. The van der Waals surface area contributed by atoms with E-state index in [0.29, 0.717) is 5.41 Å². The molecule has 0 nitrogen and oxygen atoms in total. The molecule has 12 heavy (non-hydrogen) atoms. The van der Waals surface area contributed by atoms with Crippen LogP contribution < -0.4 is 0 Å². The van der Waals surface area contributed by atoms with Crippen molar-refractivity contribution < 1.29 is 0 Å². The van der Waals surface area contributed by atoms with Gasteiger partial charge < -0.3 is 0 Å². The van der Waals surface area contributed by atoms with Crippen molar-refractivity contribution in [2.24, 2.45) is 28.1 Å². The zero-order valence-corrected chi connectivity index (χ0v) is 8.78. The molecule has 4 unspecified atom stereocenters. The average Bonchev–Trinajstić information content (AvgIpc) is 2.16. The minimum atomic E-state index is 0.686. The lowest BCUT2D eigenvalue weighted by molar-refractivity contribution is -0.0727. The molecule has 3 aliphatic carbocycles. The lowest BCUT2D eigenvalue weighted by atomic mass is 9.49. The molecular formula is C12H20. The molecule has 0 N–H and O–H groups in total. The molecule has 0 radical (unpaired) electrons. The van der Waals surface area contributed by atoms with Gasteiger partial charge in [0.15, 0.2) is 0 Å². The molecule has 0 aromatic rings. The first kappa shape index (κ1) is 7.41. The van der Waals surface area contributed by atoms with E-state index in [1.165, 1.54) is 12.8 Å². The van der Waals surface area contributed by atoms with E-state index in [4.69, 9.17) is 0 Å². The van der Waals surface area contributed by atoms with Crippen molar-refractivity contribution >= 4 is 0 Å². The van der Waals surface area contributed by atoms with Crippen LogP contribution in [0.25, 0.3) is 0 Å². The van der Waals surface area contributed by atoms with Crippen molar-refractivity contribution in [3.05, 3.63) is 0 Å². The predicted octanol–water partition coefficient (Wildman–Crippen LogP) is 3.47. The lowest BCUT2D eigenvalue weighted by Gasteiger charge is -2.55. The molecule has 68 valence electrons. The van der Waals surface area contributed by atoms with Gasteiger partial charge in [0.1, 0.15) is 0 Å². The molecule has 0 heterocycles. The van der Waals surface area contributed by atoms with Crippen LogP contribution in [0, 0.1) is 28.1 Å². The Morgan fingerprint density at radius 1 is 1.25 bits per heavy atom. The summed E-state index contributed by atoms with van der Waals surface area (Å²) in [4.78, 5) is 0. The molecule has 0 aromatic carbocycles. The van der Waals surface area contributed by atoms with Crippen LogP contribution in [0.5, 0.6) is 0 Å². The first-order valence-electron chi connectivity index (χ1n) is 5.50. The van der Waals surface area contributed by atoms with Gasteiger partial charge in [0.05, 0.1) is 0 Å². The van der Waals surface area contributed by atoms with Gasteiger partial charge in [-0.3, -0.25) is 0 Å². The molecule has 0 bridgehead atoms. The molecule has 0 amide bonds. The van der Waals surface area contributed by atoms with E-state index in [9.17, 15) is 0 Å². The summed E-state index contributed by atoms with van der Waals surface area (Å²) in [7, 11) is 0. The van der Waals surface area contributed by atoms with Gasteiger partial charge in [0, 0.05) is 0 Å². The highest BCUT2D eigenvalue weighted by atomic mass is 15.0. The van der Waals surface area contributed by atoms with Crippen LogP contribution in [0.15, 0.2) is 0 Å². The van der Waals surface area contributed by atoms with Crippen LogP contribution in [0.3, 0.4) is 0 Å². The van der Waals surface area contributed by atoms with Gasteiger partial charge in [-0.05, 0) is 40.9 Å². The second kappa shape index (κ2) is 1.51. The molecule has 1 spiro atoms. The summed E-state index contributed by atoms with van der Waals surface area (Å²) in [6.07, 6.45) is 4.48. The Hall–Kier alpha value is 0. The second-order valence-electron chi connectivity index (χ2n) is 6.24. The zero-order valence-electron chi connectivity index (χ0n) is 8.78. The van der Waals surface area contributed by atoms with Crippen LogP contribution >= 0.6 is 0 Å². The Morgan fingerprint density at radius 2 is 1.92 bits per heavy atom. The third kappa shape index (κ3) is 0.383. The van der Waals surface area contributed by atoms with Gasteiger partial charge in [-0.25, -0.2) is 0 Å². The molecule has 3 saturated carbocycles. The van der Waals surface area contributed by atoms with Gasteiger partial charge in [-0.15, -0.1) is 0 Å². The number of rotatable bonds is 1. The van der Waals surface area contributed by atoms with Crippen molar-refractivity contribution in [3.8, 4) is 0 Å². The molecular weight excluding hydrogens is 144 g/mol. The Morgan fingerprint density at radius 3 is 2.17 bits per heavy atom. The van der Waals surface area contributed by atoms with Crippen LogP contribution in [0.4, 0.5) is 0 Å². The Bertz CT molecular complexity index is 241. The Balaban J connectivity index is 1.98. The van der Waals surface area contributed by atoms with Crippen LogP contribution in [-0.4, -0.2) is 0 Å². The van der Waals surface area contributed by atoms with Crippen LogP contribution in [0.2, 0.25) is 0 Å². The normalized spacial score (nSPS) is 64.0. The molecule has 0 saturated heterocycles. The monoisotopic (exact) mass is 164 g/mol. The molecule has 0 heteroatoms. The predicted molar refractivity (Wildman–Crippen MR) is 50.8 cm³/mol. The van der Waals surface area contributed by atoms with Gasteiger partial charge in [0.2, 0.25) is 0 Å². The quantitative estimate of drug-likeness (QED) is 0.556. The average molecular weight is 164 g/mol. The third-order valence-corrected chi connectivity index (χ3v) is 5.77. The van der Waals surface area contributed by atoms with Crippen molar-refractivity contribution in [2.75, 3.05) is 0 Å². The van der Waals surface area contributed by atoms with Crippen LogP contribution in [-0.2, 0) is 0 Å². The number of hydrogen-bond acceptors (Lipinski definition) is 0. The highest BCUT2D eigenvalue weighted by Crippen LogP contribution is 2.98. The second-order valence-corrected chi connectivity index (χ2v) is 6.24. The van der Waals surface area contributed by atoms with Crippen molar-refractivity contribution in [3.63, 3.8) is 0 Å². The Labute approximate surface area is 75.7 Å². The summed E-state index contributed by atoms with van der Waals surface area (Å²) in [6, 6.07) is 0. The summed E-state index contributed by atoms with van der Waals surface area (Å²) < 4.78 is 0. The van der Waals surface area contributed by atoms with Crippen molar-refractivity contribution in [2.45, 2.75) is 47.0 Å². The fourth-order valence-electron chi connectivity index (χ4n) is 5.83. The maximum atomic E-state index is 2.54. The summed E-state index contributed by atoms with van der Waals surface area (Å²) in [5.74, 6) is 2.21. The van der Waals surface area contributed by atoms with E-state index in [2.05, 4.69) is 27.7 Å². The van der Waals surface area contributed by atoms with Gasteiger partial charge in [-0.1, -0.05) is 34.1 Å². The van der Waals surface area contributed by atoms with E-state index in [1.807, 2.05) is 0 Å². The number of hydrogen-bond donors (Lipinski definition) is 0. The SMILES string of the molecule is CCC1CC2C3(C)CC(C)(C)C123. The smallest absolute Gasteiger partial charge is 0.0127 e. The van der Waals surface area contributed by atoms with Crippen LogP contribution in [0.1, 0.15) is 47.0 Å². The number of fused-ring (bicyclic) bond motifs is 1. The highest BCUT2D eigenvalue weighted by molar-refractivity contribution is 5.40. The maximum absolute atomic E-state index is 2.54. The van der Waals surface area contributed by atoms with E-state index in [1.54, 1.807) is 6.42 Å². The molecule has 3 fully saturated rings. The molecule has 0 aromatic heterocycles. The summed E-state index contributed by atoms with van der Waals surface area (Å²) >= 11 is 0. The zero-order chi connectivity index (χ0) is 8.78. The minimum absolute atomic E-state index is 0.686.